The average molecular weight is 408 g/mol. The van der Waals surface area contributed by atoms with Crippen molar-refractivity contribution in [2.75, 3.05) is 5.32 Å². The Kier molecular flexibility index (Phi) is 5.48. The quantitative estimate of drug-likeness (QED) is 0.471. The molecule has 0 saturated heterocycles. The van der Waals surface area contributed by atoms with Crippen molar-refractivity contribution in [3.63, 3.8) is 0 Å². The molecule has 5 nitrogen and oxygen atoms in total. The van der Waals surface area contributed by atoms with Gasteiger partial charge in [0.2, 0.25) is 12.4 Å². The van der Waals surface area contributed by atoms with Gasteiger partial charge in [-0.1, -0.05) is 23.2 Å². The van der Waals surface area contributed by atoms with Gasteiger partial charge in [0, 0.05) is 21.9 Å². The molecule has 0 unspecified atom stereocenters. The van der Waals surface area contributed by atoms with Crippen molar-refractivity contribution in [2.24, 2.45) is 0 Å². The number of benzene rings is 2. The molecule has 0 aliphatic rings. The lowest BCUT2D eigenvalue weighted by atomic mass is 10.1. The molecule has 0 radical (unpaired) electrons. The van der Waals surface area contributed by atoms with Crippen LogP contribution < -0.4 is 14.8 Å². The molecular formula is C19H14Cl2FN2O3+. The molecule has 8 heteroatoms. The third-order valence-corrected chi connectivity index (χ3v) is 4.16. The maximum absolute atomic E-state index is 13.3. The van der Waals surface area contributed by atoms with E-state index in [1.165, 1.54) is 42.7 Å². The Labute approximate surface area is 164 Å². The Balaban J connectivity index is 1.98. The number of hydrogen-bond acceptors (Lipinski definition) is 3. The maximum atomic E-state index is 13.3. The lowest BCUT2D eigenvalue weighted by Crippen LogP contribution is -2.29. The first-order valence-electron chi connectivity index (χ1n) is 7.78. The minimum atomic E-state index is -0.558. The highest BCUT2D eigenvalue weighted by atomic mass is 35.5. The summed E-state index contributed by atoms with van der Waals surface area (Å²) in [7, 11) is 0. The summed E-state index contributed by atoms with van der Waals surface area (Å²) in [5, 5.41) is 12.4. The van der Waals surface area contributed by atoms with Gasteiger partial charge in [0.25, 0.3) is 5.91 Å². The van der Waals surface area contributed by atoms with Gasteiger partial charge in [-0.25, -0.2) is 4.39 Å². The molecule has 27 heavy (non-hydrogen) atoms. The van der Waals surface area contributed by atoms with Crippen LogP contribution in [0.15, 0.2) is 54.9 Å². The first-order chi connectivity index (χ1) is 12.8. The second-order valence-corrected chi connectivity index (χ2v) is 6.54. The predicted molar refractivity (Wildman–Crippen MR) is 99.4 cm³/mol. The third-order valence-electron chi connectivity index (χ3n) is 3.65. The third kappa shape index (κ3) is 4.48. The zero-order valence-electron chi connectivity index (χ0n) is 14.0. The Morgan fingerprint density at radius 2 is 1.96 bits per heavy atom. The van der Waals surface area contributed by atoms with E-state index in [1.54, 1.807) is 19.1 Å². The summed E-state index contributed by atoms with van der Waals surface area (Å²) in [6.45, 7) is 1.67. The number of carbonyl (C=O) groups excluding carboxylic acids is 1. The SMILES string of the molecule is Cc1cc(F)ccc1Oc1cc(Cl)cc(Cl)c1C(=O)Nc1ccc[n+](O)c1. The van der Waals surface area contributed by atoms with Crippen LogP contribution in [0.1, 0.15) is 15.9 Å². The standard InChI is InChI=1S/C19H13Cl2FN2O3/c1-11-7-13(22)4-5-16(11)27-17-9-12(20)8-15(21)18(17)19(25)23-14-3-2-6-24(26)10-14/h2-10H,1H3,(H-,23,25,26)/p+1. The smallest absolute Gasteiger partial charge is 0.261 e. The first-order valence-corrected chi connectivity index (χ1v) is 8.54. The Morgan fingerprint density at radius 1 is 1.19 bits per heavy atom. The van der Waals surface area contributed by atoms with Crippen LogP contribution in [0.5, 0.6) is 11.5 Å². The van der Waals surface area contributed by atoms with E-state index in [2.05, 4.69) is 5.32 Å². The van der Waals surface area contributed by atoms with Crippen LogP contribution in [-0.2, 0) is 0 Å². The number of nitrogens with one attached hydrogen (secondary N) is 1. The fraction of sp³-hybridized carbons (Fsp3) is 0.0526. The van der Waals surface area contributed by atoms with Crippen molar-refractivity contribution in [3.8, 4) is 11.5 Å². The summed E-state index contributed by atoms with van der Waals surface area (Å²) in [6, 6.07) is 10.0. The Bertz CT molecular complexity index is 1030. The van der Waals surface area contributed by atoms with Crippen LogP contribution in [0, 0.1) is 12.7 Å². The van der Waals surface area contributed by atoms with Gasteiger partial charge in [-0.2, -0.15) is 0 Å². The highest BCUT2D eigenvalue weighted by Gasteiger charge is 2.20. The van der Waals surface area contributed by atoms with Gasteiger partial charge in [0.15, 0.2) is 0 Å². The lowest BCUT2D eigenvalue weighted by molar-refractivity contribution is -0.904. The van der Waals surface area contributed by atoms with Crippen molar-refractivity contribution in [1.29, 1.82) is 0 Å². The maximum Gasteiger partial charge on any atom is 0.261 e. The van der Waals surface area contributed by atoms with Crippen molar-refractivity contribution in [3.05, 3.63) is 81.8 Å². The van der Waals surface area contributed by atoms with E-state index in [1.807, 2.05) is 0 Å². The van der Waals surface area contributed by atoms with Crippen molar-refractivity contribution < 1.29 is 23.9 Å². The number of aryl methyl sites for hydroxylation is 1. The van der Waals surface area contributed by atoms with Gasteiger partial charge in [0.05, 0.1) is 5.02 Å². The van der Waals surface area contributed by atoms with E-state index in [4.69, 9.17) is 27.9 Å². The molecule has 1 aromatic heterocycles. The Morgan fingerprint density at radius 3 is 2.67 bits per heavy atom. The molecule has 0 spiro atoms. The molecule has 0 saturated carbocycles. The molecule has 0 aliphatic carbocycles. The van der Waals surface area contributed by atoms with Gasteiger partial charge in [-0.05, 0) is 42.8 Å². The summed E-state index contributed by atoms with van der Waals surface area (Å²) >= 11 is 12.3. The van der Waals surface area contributed by atoms with Gasteiger partial charge in [-0.15, -0.1) is 0 Å². The summed E-state index contributed by atoms with van der Waals surface area (Å²) in [6.07, 6.45) is 2.71. The normalized spacial score (nSPS) is 10.5. The minimum Gasteiger partial charge on any atom is -0.456 e. The summed E-state index contributed by atoms with van der Waals surface area (Å²) in [5.74, 6) is -0.481. The first kappa shape index (κ1) is 18.9. The molecule has 0 atom stereocenters. The highest BCUT2D eigenvalue weighted by Crippen LogP contribution is 2.35. The topological polar surface area (TPSA) is 62.4 Å². The molecule has 1 amide bonds. The number of hydrogen-bond donors (Lipinski definition) is 2. The van der Waals surface area contributed by atoms with Crippen LogP contribution in [0.4, 0.5) is 10.1 Å². The summed E-state index contributed by atoms with van der Waals surface area (Å²) in [4.78, 5) is 12.7. The number of ether oxygens (including phenoxy) is 1. The second-order valence-electron chi connectivity index (χ2n) is 5.70. The molecule has 1 heterocycles. The van der Waals surface area contributed by atoms with Crippen molar-refractivity contribution in [2.45, 2.75) is 6.92 Å². The van der Waals surface area contributed by atoms with E-state index in [9.17, 15) is 14.4 Å². The van der Waals surface area contributed by atoms with E-state index in [0.717, 1.165) is 4.73 Å². The fourth-order valence-corrected chi connectivity index (χ4v) is 2.99. The van der Waals surface area contributed by atoms with Crippen LogP contribution in [-0.4, -0.2) is 11.1 Å². The molecule has 0 aliphatic heterocycles. The fourth-order valence-electron chi connectivity index (χ4n) is 2.43. The zero-order chi connectivity index (χ0) is 19.6. The van der Waals surface area contributed by atoms with Crippen LogP contribution in [0.2, 0.25) is 10.0 Å². The van der Waals surface area contributed by atoms with Gasteiger partial charge in [0.1, 0.15) is 28.6 Å². The van der Waals surface area contributed by atoms with E-state index in [-0.39, 0.29) is 21.4 Å². The van der Waals surface area contributed by atoms with Crippen LogP contribution in [0.3, 0.4) is 0 Å². The number of rotatable bonds is 4. The van der Waals surface area contributed by atoms with Gasteiger partial charge < -0.3 is 10.1 Å². The lowest BCUT2D eigenvalue weighted by Gasteiger charge is -2.14. The number of aromatic nitrogens is 1. The molecular weight excluding hydrogens is 394 g/mol. The van der Waals surface area contributed by atoms with Crippen molar-refractivity contribution in [1.82, 2.24) is 0 Å². The Hall–Kier alpha value is -2.83. The summed E-state index contributed by atoms with van der Waals surface area (Å²) < 4.78 is 19.9. The summed E-state index contributed by atoms with van der Waals surface area (Å²) in [5.41, 5.74) is 0.944. The number of halogens is 3. The molecule has 138 valence electrons. The largest absolute Gasteiger partial charge is 0.456 e. The number of carbonyl (C=O) groups is 1. The van der Waals surface area contributed by atoms with Crippen LogP contribution in [0.25, 0.3) is 0 Å². The van der Waals surface area contributed by atoms with Gasteiger partial charge in [-0.3, -0.25) is 10.0 Å². The molecule has 3 aromatic rings. The monoisotopic (exact) mass is 407 g/mol. The average Bonchev–Trinajstić information content (AvgIpc) is 2.56. The molecule has 2 N–H and O–H groups in total. The number of amides is 1. The number of pyridine rings is 1. The minimum absolute atomic E-state index is 0.0538. The molecule has 0 fully saturated rings. The zero-order valence-corrected chi connectivity index (χ0v) is 15.6. The molecule has 3 rings (SSSR count). The van der Waals surface area contributed by atoms with Crippen LogP contribution >= 0.6 is 23.2 Å². The van der Waals surface area contributed by atoms with Gasteiger partial charge >= 0.3 is 0 Å². The number of nitrogens with zero attached hydrogens (tertiary/aromatic N) is 1. The second kappa shape index (κ2) is 7.82. The predicted octanol–water partition coefficient (Wildman–Crippen LogP) is 5.01. The highest BCUT2D eigenvalue weighted by molar-refractivity contribution is 6.37. The number of anilines is 1. The van der Waals surface area contributed by atoms with E-state index in [0.29, 0.717) is 17.0 Å². The molecule has 2 aromatic carbocycles. The van der Waals surface area contributed by atoms with E-state index >= 15 is 0 Å². The van der Waals surface area contributed by atoms with Crippen molar-refractivity contribution >= 4 is 34.8 Å². The van der Waals surface area contributed by atoms with E-state index < -0.39 is 11.7 Å². The molecule has 0 bridgehead atoms.